The lowest BCUT2D eigenvalue weighted by Gasteiger charge is -2.27. The number of rotatable bonds is 5. The molecule has 0 radical (unpaired) electrons. The Kier molecular flexibility index (Phi) is 5.21. The van der Waals surface area contributed by atoms with Crippen molar-refractivity contribution in [1.29, 1.82) is 0 Å². The van der Waals surface area contributed by atoms with Crippen LogP contribution in [0.1, 0.15) is 16.1 Å². The molecule has 5 nitrogen and oxygen atoms in total. The van der Waals surface area contributed by atoms with E-state index in [2.05, 4.69) is 27.3 Å². The highest BCUT2D eigenvalue weighted by Crippen LogP contribution is 2.13. The third kappa shape index (κ3) is 4.29. The molecule has 2 aromatic rings. The van der Waals surface area contributed by atoms with Gasteiger partial charge in [0.2, 0.25) is 0 Å². The summed E-state index contributed by atoms with van der Waals surface area (Å²) in [6, 6.07) is 15.7. The quantitative estimate of drug-likeness (QED) is 0.916. The standard InChI is InChI=1S/C18H21N3O2/c22-18(19-10-9-15-5-2-1-3-6-15)16-7-4-8-17(20-16)21-11-13-23-14-12-21/h1-8H,9-14H2,(H,19,22). The molecule has 1 N–H and O–H groups in total. The van der Waals surface area contributed by atoms with Gasteiger partial charge in [0.15, 0.2) is 0 Å². The van der Waals surface area contributed by atoms with Crippen molar-refractivity contribution in [2.75, 3.05) is 37.7 Å². The van der Waals surface area contributed by atoms with E-state index in [0.717, 1.165) is 25.3 Å². The summed E-state index contributed by atoms with van der Waals surface area (Å²) in [5.74, 6) is 0.708. The highest BCUT2D eigenvalue weighted by molar-refractivity contribution is 5.92. The van der Waals surface area contributed by atoms with Gasteiger partial charge in [-0.05, 0) is 24.1 Å². The second-order valence-electron chi connectivity index (χ2n) is 5.47. The van der Waals surface area contributed by atoms with Crippen LogP contribution < -0.4 is 10.2 Å². The van der Waals surface area contributed by atoms with Crippen molar-refractivity contribution < 1.29 is 9.53 Å². The molecule has 0 unspecified atom stereocenters. The topological polar surface area (TPSA) is 54.5 Å². The van der Waals surface area contributed by atoms with Gasteiger partial charge in [-0.1, -0.05) is 36.4 Å². The van der Waals surface area contributed by atoms with E-state index in [1.165, 1.54) is 5.56 Å². The smallest absolute Gasteiger partial charge is 0.269 e. The van der Waals surface area contributed by atoms with E-state index in [1.807, 2.05) is 30.3 Å². The number of benzene rings is 1. The van der Waals surface area contributed by atoms with Crippen LogP contribution in [0, 0.1) is 0 Å². The van der Waals surface area contributed by atoms with Crippen molar-refractivity contribution in [3.8, 4) is 0 Å². The predicted molar refractivity (Wildman–Crippen MR) is 89.7 cm³/mol. The zero-order valence-corrected chi connectivity index (χ0v) is 13.1. The Balaban J connectivity index is 1.56. The van der Waals surface area contributed by atoms with Crippen LogP contribution in [0.5, 0.6) is 0 Å². The van der Waals surface area contributed by atoms with Crippen molar-refractivity contribution >= 4 is 11.7 Å². The van der Waals surface area contributed by atoms with Crippen LogP contribution in [0.2, 0.25) is 0 Å². The Labute approximate surface area is 136 Å². The molecule has 0 bridgehead atoms. The molecule has 1 aromatic heterocycles. The fourth-order valence-corrected chi connectivity index (χ4v) is 2.57. The minimum Gasteiger partial charge on any atom is -0.378 e. The fourth-order valence-electron chi connectivity index (χ4n) is 2.57. The summed E-state index contributed by atoms with van der Waals surface area (Å²) in [6.07, 6.45) is 0.815. The summed E-state index contributed by atoms with van der Waals surface area (Å²) < 4.78 is 5.35. The lowest BCUT2D eigenvalue weighted by Crippen LogP contribution is -2.37. The molecule has 0 spiro atoms. The third-order valence-electron chi connectivity index (χ3n) is 3.84. The number of anilines is 1. The largest absolute Gasteiger partial charge is 0.378 e. The Hall–Kier alpha value is -2.40. The summed E-state index contributed by atoms with van der Waals surface area (Å²) in [4.78, 5) is 18.9. The number of ether oxygens (including phenoxy) is 1. The maximum absolute atomic E-state index is 12.3. The first-order valence-electron chi connectivity index (χ1n) is 7.95. The molecular weight excluding hydrogens is 290 g/mol. The van der Waals surface area contributed by atoms with Crippen molar-refractivity contribution in [3.63, 3.8) is 0 Å². The summed E-state index contributed by atoms with van der Waals surface area (Å²) in [6.45, 7) is 3.63. The SMILES string of the molecule is O=C(NCCc1ccccc1)c1cccc(N2CCOCC2)n1. The maximum Gasteiger partial charge on any atom is 0.269 e. The summed E-state index contributed by atoms with van der Waals surface area (Å²) in [5, 5.41) is 2.93. The van der Waals surface area contributed by atoms with E-state index in [1.54, 1.807) is 6.07 Å². The van der Waals surface area contributed by atoms with Gasteiger partial charge >= 0.3 is 0 Å². The zero-order chi connectivity index (χ0) is 15.9. The van der Waals surface area contributed by atoms with Gasteiger partial charge in [0.1, 0.15) is 11.5 Å². The number of nitrogens with zero attached hydrogens (tertiary/aromatic N) is 2. The number of nitrogens with one attached hydrogen (secondary N) is 1. The molecule has 1 amide bonds. The average molecular weight is 311 g/mol. The molecule has 2 heterocycles. The first-order chi connectivity index (χ1) is 11.3. The van der Waals surface area contributed by atoms with Crippen molar-refractivity contribution in [2.45, 2.75) is 6.42 Å². The molecule has 1 aliphatic heterocycles. The predicted octanol–water partition coefficient (Wildman–Crippen LogP) is 1.89. The molecule has 0 aliphatic carbocycles. The number of carbonyl (C=O) groups is 1. The molecule has 1 aliphatic rings. The van der Waals surface area contributed by atoms with Crippen LogP contribution in [0.15, 0.2) is 48.5 Å². The van der Waals surface area contributed by atoms with E-state index in [-0.39, 0.29) is 5.91 Å². The number of carbonyl (C=O) groups excluding carboxylic acids is 1. The lowest BCUT2D eigenvalue weighted by atomic mass is 10.1. The van der Waals surface area contributed by atoms with Crippen molar-refractivity contribution in [3.05, 3.63) is 59.8 Å². The third-order valence-corrected chi connectivity index (χ3v) is 3.84. The second kappa shape index (κ2) is 7.74. The van der Waals surface area contributed by atoms with Crippen LogP contribution in [0.25, 0.3) is 0 Å². The van der Waals surface area contributed by atoms with E-state index in [9.17, 15) is 4.79 Å². The van der Waals surface area contributed by atoms with E-state index in [4.69, 9.17) is 4.74 Å². The second-order valence-corrected chi connectivity index (χ2v) is 5.47. The molecule has 3 rings (SSSR count). The number of pyridine rings is 1. The molecule has 0 saturated carbocycles. The average Bonchev–Trinajstić information content (AvgIpc) is 2.63. The van der Waals surface area contributed by atoms with Gasteiger partial charge in [0.05, 0.1) is 13.2 Å². The van der Waals surface area contributed by atoms with Crippen LogP contribution >= 0.6 is 0 Å². The molecular formula is C18H21N3O2. The molecule has 1 aromatic carbocycles. The van der Waals surface area contributed by atoms with Crippen LogP contribution in [-0.4, -0.2) is 43.7 Å². The highest BCUT2D eigenvalue weighted by Gasteiger charge is 2.14. The van der Waals surface area contributed by atoms with E-state index >= 15 is 0 Å². The molecule has 0 atom stereocenters. The molecule has 120 valence electrons. The van der Waals surface area contributed by atoms with Crippen molar-refractivity contribution in [1.82, 2.24) is 10.3 Å². The number of hydrogen-bond acceptors (Lipinski definition) is 4. The first kappa shape index (κ1) is 15.5. The van der Waals surface area contributed by atoms with E-state index in [0.29, 0.717) is 25.5 Å². The van der Waals surface area contributed by atoms with Gasteiger partial charge < -0.3 is 15.0 Å². The molecule has 1 saturated heterocycles. The summed E-state index contributed by atoms with van der Waals surface area (Å²) in [7, 11) is 0. The van der Waals surface area contributed by atoms with Gasteiger partial charge in [-0.2, -0.15) is 0 Å². The van der Waals surface area contributed by atoms with Gasteiger partial charge in [0, 0.05) is 19.6 Å². The highest BCUT2D eigenvalue weighted by atomic mass is 16.5. The first-order valence-corrected chi connectivity index (χ1v) is 7.95. The lowest BCUT2D eigenvalue weighted by molar-refractivity contribution is 0.0949. The number of aromatic nitrogens is 1. The molecule has 1 fully saturated rings. The fraction of sp³-hybridized carbons (Fsp3) is 0.333. The Morgan fingerprint density at radius 1 is 1.09 bits per heavy atom. The Bertz CT molecular complexity index is 640. The summed E-state index contributed by atoms with van der Waals surface area (Å²) in [5.41, 5.74) is 1.67. The van der Waals surface area contributed by atoms with Gasteiger partial charge in [-0.15, -0.1) is 0 Å². The van der Waals surface area contributed by atoms with Gasteiger partial charge in [-0.25, -0.2) is 4.98 Å². The number of hydrogen-bond donors (Lipinski definition) is 1. The minimum atomic E-state index is -0.129. The van der Waals surface area contributed by atoms with E-state index < -0.39 is 0 Å². The molecule has 23 heavy (non-hydrogen) atoms. The maximum atomic E-state index is 12.3. The Morgan fingerprint density at radius 3 is 2.65 bits per heavy atom. The van der Waals surface area contributed by atoms with Gasteiger partial charge in [0.25, 0.3) is 5.91 Å². The normalized spacial score (nSPS) is 14.5. The van der Waals surface area contributed by atoms with Crippen LogP contribution in [0.4, 0.5) is 5.82 Å². The Morgan fingerprint density at radius 2 is 1.87 bits per heavy atom. The summed E-state index contributed by atoms with van der Waals surface area (Å²) >= 11 is 0. The number of morpholine rings is 1. The van der Waals surface area contributed by atoms with Crippen molar-refractivity contribution in [2.24, 2.45) is 0 Å². The number of amides is 1. The van der Waals surface area contributed by atoms with Gasteiger partial charge in [-0.3, -0.25) is 4.79 Å². The minimum absolute atomic E-state index is 0.129. The monoisotopic (exact) mass is 311 g/mol. The van der Waals surface area contributed by atoms with Crippen LogP contribution in [0.3, 0.4) is 0 Å². The zero-order valence-electron chi connectivity index (χ0n) is 13.1. The van der Waals surface area contributed by atoms with Crippen LogP contribution in [-0.2, 0) is 11.2 Å². The molecule has 5 heteroatoms.